The van der Waals surface area contributed by atoms with Crippen molar-refractivity contribution in [1.29, 1.82) is 0 Å². The minimum Gasteiger partial charge on any atom is -0.330 e. The molecule has 0 saturated carbocycles. The molecule has 1 aromatic carbocycles. The summed E-state index contributed by atoms with van der Waals surface area (Å²) >= 11 is 0. The first kappa shape index (κ1) is 16.7. The van der Waals surface area contributed by atoms with Gasteiger partial charge in [0.25, 0.3) is 0 Å². The molecule has 3 heteroatoms. The summed E-state index contributed by atoms with van der Waals surface area (Å²) in [4.78, 5) is 12.1. The smallest absolute Gasteiger partial charge is 0.224 e. The van der Waals surface area contributed by atoms with E-state index < -0.39 is 0 Å². The Morgan fingerprint density at radius 2 is 1.95 bits per heavy atom. The van der Waals surface area contributed by atoms with Crippen LogP contribution in [0.3, 0.4) is 0 Å². The van der Waals surface area contributed by atoms with Crippen LogP contribution in [0, 0.1) is 11.8 Å². The molecular weight excluding hydrogens is 248 g/mol. The van der Waals surface area contributed by atoms with Gasteiger partial charge in [0.15, 0.2) is 0 Å². The number of carbonyl (C=O) groups is 1. The van der Waals surface area contributed by atoms with Gasteiger partial charge in [-0.2, -0.15) is 0 Å². The van der Waals surface area contributed by atoms with Crippen molar-refractivity contribution in [3.05, 3.63) is 29.8 Å². The molecule has 112 valence electrons. The van der Waals surface area contributed by atoms with E-state index in [1.54, 1.807) is 0 Å². The summed E-state index contributed by atoms with van der Waals surface area (Å²) in [5.74, 6) is 1.36. The van der Waals surface area contributed by atoms with Gasteiger partial charge in [0.2, 0.25) is 5.91 Å². The minimum absolute atomic E-state index is 0.0574. The molecule has 0 radical (unpaired) electrons. The van der Waals surface area contributed by atoms with Crippen molar-refractivity contribution in [2.75, 3.05) is 11.9 Å². The third kappa shape index (κ3) is 5.74. The molecule has 0 unspecified atom stereocenters. The van der Waals surface area contributed by atoms with Crippen LogP contribution < -0.4 is 11.1 Å². The van der Waals surface area contributed by atoms with Gasteiger partial charge in [-0.25, -0.2) is 0 Å². The zero-order chi connectivity index (χ0) is 15.1. The zero-order valence-electron chi connectivity index (χ0n) is 13.1. The van der Waals surface area contributed by atoms with Crippen molar-refractivity contribution < 1.29 is 4.79 Å². The number of carbonyl (C=O) groups excluding carboxylic acids is 1. The van der Waals surface area contributed by atoms with Gasteiger partial charge >= 0.3 is 0 Å². The summed E-state index contributed by atoms with van der Waals surface area (Å²) in [5.41, 5.74) is 7.86. The summed E-state index contributed by atoms with van der Waals surface area (Å²) < 4.78 is 0. The van der Waals surface area contributed by atoms with Crippen LogP contribution in [0.1, 0.15) is 52.0 Å². The highest BCUT2D eigenvalue weighted by atomic mass is 16.1. The predicted octanol–water partition coefficient (Wildman–Crippen LogP) is 3.76. The summed E-state index contributed by atoms with van der Waals surface area (Å²) in [6.07, 6.45) is 1.50. The van der Waals surface area contributed by atoms with E-state index in [1.807, 2.05) is 18.2 Å². The molecule has 0 heterocycles. The van der Waals surface area contributed by atoms with Gasteiger partial charge in [-0.1, -0.05) is 39.8 Å². The fourth-order valence-corrected chi connectivity index (χ4v) is 2.38. The van der Waals surface area contributed by atoms with Gasteiger partial charge in [0.05, 0.1) is 0 Å². The SMILES string of the molecule is CC(C)C[C@H](CN)CC(=O)Nc1cccc(C(C)C)c1. The first-order chi connectivity index (χ1) is 9.42. The number of nitrogens with two attached hydrogens (primary N) is 1. The normalized spacial score (nSPS) is 12.8. The van der Waals surface area contributed by atoms with E-state index in [1.165, 1.54) is 5.56 Å². The molecule has 1 rings (SSSR count). The maximum atomic E-state index is 12.1. The molecule has 1 aromatic rings. The number of nitrogens with one attached hydrogen (secondary N) is 1. The highest BCUT2D eigenvalue weighted by Gasteiger charge is 2.14. The predicted molar refractivity (Wildman–Crippen MR) is 85.8 cm³/mol. The average Bonchev–Trinajstić information content (AvgIpc) is 2.37. The first-order valence-electron chi connectivity index (χ1n) is 7.52. The molecule has 1 atom stereocenters. The van der Waals surface area contributed by atoms with Crippen LogP contribution in [0.4, 0.5) is 5.69 Å². The number of amides is 1. The topological polar surface area (TPSA) is 55.1 Å². The number of rotatable bonds is 7. The molecule has 0 aromatic heterocycles. The molecule has 0 aliphatic heterocycles. The Labute approximate surface area is 122 Å². The van der Waals surface area contributed by atoms with E-state index >= 15 is 0 Å². The molecule has 0 fully saturated rings. The lowest BCUT2D eigenvalue weighted by atomic mass is 9.94. The van der Waals surface area contributed by atoms with Crippen molar-refractivity contribution in [3.63, 3.8) is 0 Å². The van der Waals surface area contributed by atoms with Crippen LogP contribution in [-0.4, -0.2) is 12.5 Å². The number of hydrogen-bond donors (Lipinski definition) is 2. The standard InChI is InChI=1S/C17H28N2O/c1-12(2)8-14(11-18)9-17(20)19-16-7-5-6-15(10-16)13(3)4/h5-7,10,12-14H,8-9,11,18H2,1-4H3,(H,19,20)/t14-/m0/s1. The highest BCUT2D eigenvalue weighted by Crippen LogP contribution is 2.20. The van der Waals surface area contributed by atoms with Crippen LogP contribution in [0.2, 0.25) is 0 Å². The Hall–Kier alpha value is -1.35. The number of anilines is 1. The van der Waals surface area contributed by atoms with Gasteiger partial charge in [-0.15, -0.1) is 0 Å². The Bertz CT molecular complexity index is 427. The lowest BCUT2D eigenvalue weighted by Gasteiger charge is -2.17. The second-order valence-electron chi connectivity index (χ2n) is 6.26. The number of hydrogen-bond acceptors (Lipinski definition) is 2. The van der Waals surface area contributed by atoms with Gasteiger partial charge in [-0.3, -0.25) is 4.79 Å². The molecule has 3 N–H and O–H groups in total. The Balaban J connectivity index is 2.59. The molecule has 0 spiro atoms. The maximum absolute atomic E-state index is 12.1. The van der Waals surface area contributed by atoms with Crippen molar-refractivity contribution in [2.24, 2.45) is 17.6 Å². The van der Waals surface area contributed by atoms with Crippen molar-refractivity contribution in [3.8, 4) is 0 Å². The van der Waals surface area contributed by atoms with Gasteiger partial charge in [-0.05, 0) is 48.4 Å². The van der Waals surface area contributed by atoms with Gasteiger partial charge in [0.1, 0.15) is 0 Å². The largest absolute Gasteiger partial charge is 0.330 e. The lowest BCUT2D eigenvalue weighted by molar-refractivity contribution is -0.117. The fourth-order valence-electron chi connectivity index (χ4n) is 2.38. The molecular formula is C17H28N2O. The summed E-state index contributed by atoms with van der Waals surface area (Å²) in [6, 6.07) is 8.05. The third-order valence-corrected chi connectivity index (χ3v) is 3.45. The van der Waals surface area contributed by atoms with E-state index in [9.17, 15) is 4.79 Å². The van der Waals surface area contributed by atoms with Crippen molar-refractivity contribution >= 4 is 11.6 Å². The van der Waals surface area contributed by atoms with Gasteiger partial charge in [0, 0.05) is 12.1 Å². The average molecular weight is 276 g/mol. The third-order valence-electron chi connectivity index (χ3n) is 3.45. The second kappa shape index (κ2) is 8.05. The molecule has 20 heavy (non-hydrogen) atoms. The van der Waals surface area contributed by atoms with Crippen molar-refractivity contribution in [2.45, 2.75) is 46.5 Å². The Morgan fingerprint density at radius 3 is 2.50 bits per heavy atom. The molecule has 3 nitrogen and oxygen atoms in total. The quantitative estimate of drug-likeness (QED) is 0.796. The zero-order valence-corrected chi connectivity index (χ0v) is 13.1. The Kier molecular flexibility index (Phi) is 6.73. The molecule has 0 saturated heterocycles. The molecule has 1 amide bonds. The van der Waals surface area contributed by atoms with Crippen LogP contribution in [-0.2, 0) is 4.79 Å². The molecule has 0 bridgehead atoms. The van der Waals surface area contributed by atoms with Crippen LogP contribution >= 0.6 is 0 Å². The van der Waals surface area contributed by atoms with Gasteiger partial charge < -0.3 is 11.1 Å². The van der Waals surface area contributed by atoms with E-state index in [2.05, 4.69) is 39.1 Å². The lowest BCUT2D eigenvalue weighted by Crippen LogP contribution is -2.23. The fraction of sp³-hybridized carbons (Fsp3) is 0.588. The van der Waals surface area contributed by atoms with Crippen LogP contribution in [0.15, 0.2) is 24.3 Å². The van der Waals surface area contributed by atoms with Crippen LogP contribution in [0.5, 0.6) is 0 Å². The van der Waals surface area contributed by atoms with E-state index in [-0.39, 0.29) is 11.8 Å². The monoisotopic (exact) mass is 276 g/mol. The van der Waals surface area contributed by atoms with Crippen LogP contribution in [0.25, 0.3) is 0 Å². The molecule has 0 aliphatic rings. The second-order valence-corrected chi connectivity index (χ2v) is 6.26. The molecule has 0 aliphatic carbocycles. The van der Waals surface area contributed by atoms with E-state index in [0.29, 0.717) is 24.8 Å². The first-order valence-corrected chi connectivity index (χ1v) is 7.52. The summed E-state index contributed by atoms with van der Waals surface area (Å²) in [7, 11) is 0. The Morgan fingerprint density at radius 1 is 1.25 bits per heavy atom. The highest BCUT2D eigenvalue weighted by molar-refractivity contribution is 5.90. The van der Waals surface area contributed by atoms with Crippen molar-refractivity contribution in [1.82, 2.24) is 0 Å². The summed E-state index contributed by atoms with van der Waals surface area (Å²) in [5, 5.41) is 2.98. The van der Waals surface area contributed by atoms with E-state index in [0.717, 1.165) is 12.1 Å². The number of benzene rings is 1. The van der Waals surface area contributed by atoms with E-state index in [4.69, 9.17) is 5.73 Å². The maximum Gasteiger partial charge on any atom is 0.224 e. The minimum atomic E-state index is 0.0574. The summed E-state index contributed by atoms with van der Waals surface area (Å²) in [6.45, 7) is 9.18.